The molecule has 3 aromatic rings. The van der Waals surface area contributed by atoms with Crippen LogP contribution in [0.4, 0.5) is 5.69 Å². The smallest absolute Gasteiger partial charge is 0.275 e. The Morgan fingerprint density at radius 3 is 2.45 bits per heavy atom. The standard InChI is InChI=1S/C14H13N3O3S2/c1-8-3-5-9(6-4-8)17-7-16-11-10(15)14(22(2,19)20)21-12(11)13(17)18/h3-7H,15H2,1-2H3. The summed E-state index contributed by atoms with van der Waals surface area (Å²) in [7, 11) is -3.49. The van der Waals surface area contributed by atoms with Crippen molar-refractivity contribution in [2.75, 3.05) is 12.0 Å². The highest BCUT2D eigenvalue weighted by Crippen LogP contribution is 2.33. The zero-order valence-corrected chi connectivity index (χ0v) is 13.5. The first-order chi connectivity index (χ1) is 10.3. The van der Waals surface area contributed by atoms with E-state index in [0.717, 1.165) is 23.2 Å². The number of aryl methyl sites for hydroxylation is 1. The van der Waals surface area contributed by atoms with Crippen molar-refractivity contribution in [1.29, 1.82) is 0 Å². The highest BCUT2D eigenvalue weighted by atomic mass is 32.2. The van der Waals surface area contributed by atoms with Gasteiger partial charge in [0.05, 0.1) is 11.4 Å². The number of fused-ring (bicyclic) bond motifs is 1. The molecule has 114 valence electrons. The Bertz CT molecular complexity index is 1030. The molecule has 0 radical (unpaired) electrons. The number of thiophene rings is 1. The first-order valence-corrected chi connectivity index (χ1v) is 9.06. The van der Waals surface area contributed by atoms with Crippen molar-refractivity contribution in [2.24, 2.45) is 0 Å². The number of benzene rings is 1. The Morgan fingerprint density at radius 1 is 1.23 bits per heavy atom. The summed E-state index contributed by atoms with van der Waals surface area (Å²) in [5, 5.41) is 0. The zero-order valence-electron chi connectivity index (χ0n) is 11.9. The maximum Gasteiger partial charge on any atom is 0.275 e. The molecule has 0 bridgehead atoms. The van der Waals surface area contributed by atoms with Crippen molar-refractivity contribution in [3.05, 3.63) is 46.5 Å². The average molecular weight is 335 g/mol. The third-order valence-corrected chi connectivity index (χ3v) is 6.28. The van der Waals surface area contributed by atoms with Crippen molar-refractivity contribution >= 4 is 37.1 Å². The van der Waals surface area contributed by atoms with E-state index >= 15 is 0 Å². The van der Waals surface area contributed by atoms with Crippen LogP contribution < -0.4 is 11.3 Å². The van der Waals surface area contributed by atoms with Gasteiger partial charge in [0.2, 0.25) is 0 Å². The molecule has 0 saturated heterocycles. The first kappa shape index (κ1) is 14.7. The predicted octanol–water partition coefficient (Wildman–Crippen LogP) is 1.74. The molecule has 0 spiro atoms. The van der Waals surface area contributed by atoms with E-state index < -0.39 is 9.84 Å². The van der Waals surface area contributed by atoms with Gasteiger partial charge in [-0.1, -0.05) is 17.7 Å². The maximum atomic E-state index is 12.6. The number of sulfone groups is 1. The number of nitrogens with two attached hydrogens (primary N) is 1. The minimum atomic E-state index is -3.49. The summed E-state index contributed by atoms with van der Waals surface area (Å²) >= 11 is 0.861. The lowest BCUT2D eigenvalue weighted by Crippen LogP contribution is -2.17. The molecule has 22 heavy (non-hydrogen) atoms. The molecule has 0 aliphatic carbocycles. The molecule has 0 amide bonds. The third-order valence-electron chi connectivity index (χ3n) is 3.25. The lowest BCUT2D eigenvalue weighted by atomic mass is 10.2. The zero-order chi connectivity index (χ0) is 16.1. The summed E-state index contributed by atoms with van der Waals surface area (Å²) in [6.07, 6.45) is 2.43. The second-order valence-electron chi connectivity index (χ2n) is 5.01. The Hall–Kier alpha value is -2.19. The van der Waals surface area contributed by atoms with Gasteiger partial charge in [-0.3, -0.25) is 9.36 Å². The molecule has 1 aromatic carbocycles. The van der Waals surface area contributed by atoms with E-state index in [2.05, 4.69) is 4.98 Å². The Kier molecular flexibility index (Phi) is 3.30. The molecule has 2 N–H and O–H groups in total. The number of rotatable bonds is 2. The number of hydrogen-bond donors (Lipinski definition) is 1. The highest BCUT2D eigenvalue weighted by Gasteiger charge is 2.21. The van der Waals surface area contributed by atoms with Gasteiger partial charge in [-0.2, -0.15) is 0 Å². The molecule has 0 saturated carbocycles. The van der Waals surface area contributed by atoms with Crippen LogP contribution in [0.5, 0.6) is 0 Å². The van der Waals surface area contributed by atoms with Crippen LogP contribution in [0, 0.1) is 6.92 Å². The summed E-state index contributed by atoms with van der Waals surface area (Å²) < 4.78 is 25.0. The summed E-state index contributed by atoms with van der Waals surface area (Å²) in [6.45, 7) is 1.95. The molecule has 0 unspecified atom stereocenters. The van der Waals surface area contributed by atoms with Gasteiger partial charge >= 0.3 is 0 Å². The van der Waals surface area contributed by atoms with Gasteiger partial charge in [0.25, 0.3) is 5.56 Å². The van der Waals surface area contributed by atoms with Crippen LogP contribution in [-0.2, 0) is 9.84 Å². The summed E-state index contributed by atoms with van der Waals surface area (Å²) in [6, 6.07) is 7.38. The Balaban J connectivity index is 2.31. The molecule has 0 atom stereocenters. The van der Waals surface area contributed by atoms with Gasteiger partial charge in [-0.25, -0.2) is 13.4 Å². The quantitative estimate of drug-likeness (QED) is 0.770. The van der Waals surface area contributed by atoms with Crippen LogP contribution >= 0.6 is 11.3 Å². The predicted molar refractivity (Wildman–Crippen MR) is 87.5 cm³/mol. The fourth-order valence-electron chi connectivity index (χ4n) is 2.13. The lowest BCUT2D eigenvalue weighted by molar-refractivity contribution is 0.604. The van der Waals surface area contributed by atoms with Gasteiger partial charge in [0.1, 0.15) is 20.8 Å². The van der Waals surface area contributed by atoms with Crippen LogP contribution in [0.2, 0.25) is 0 Å². The van der Waals surface area contributed by atoms with Gasteiger partial charge < -0.3 is 5.73 Å². The van der Waals surface area contributed by atoms with Gasteiger partial charge in [0, 0.05) is 6.26 Å². The molecule has 0 aliphatic heterocycles. The van der Waals surface area contributed by atoms with E-state index in [9.17, 15) is 13.2 Å². The molecule has 6 nitrogen and oxygen atoms in total. The van der Waals surface area contributed by atoms with Gasteiger partial charge in [0.15, 0.2) is 9.84 Å². The second-order valence-corrected chi connectivity index (χ2v) is 8.24. The van der Waals surface area contributed by atoms with Crippen LogP contribution in [0.15, 0.2) is 39.6 Å². The first-order valence-electron chi connectivity index (χ1n) is 6.36. The number of nitrogen functional groups attached to an aromatic ring is 1. The minimum Gasteiger partial charge on any atom is -0.395 e. The van der Waals surface area contributed by atoms with Crippen molar-refractivity contribution in [1.82, 2.24) is 9.55 Å². The molecule has 3 rings (SSSR count). The summed E-state index contributed by atoms with van der Waals surface area (Å²) in [5.74, 6) is 0. The topological polar surface area (TPSA) is 95.1 Å². The van der Waals surface area contributed by atoms with Crippen molar-refractivity contribution < 1.29 is 8.42 Å². The normalized spacial score (nSPS) is 11.9. The molecule has 0 aliphatic rings. The highest BCUT2D eigenvalue weighted by molar-refractivity contribution is 7.93. The average Bonchev–Trinajstić information content (AvgIpc) is 2.79. The minimum absolute atomic E-state index is 0.0197. The van der Waals surface area contributed by atoms with Crippen LogP contribution in [0.1, 0.15) is 5.56 Å². The second kappa shape index (κ2) is 4.92. The lowest BCUT2D eigenvalue weighted by Gasteiger charge is -2.05. The van der Waals surface area contributed by atoms with E-state index in [4.69, 9.17) is 5.73 Å². The van der Waals surface area contributed by atoms with Gasteiger partial charge in [-0.15, -0.1) is 11.3 Å². The molecule has 2 heterocycles. The Morgan fingerprint density at radius 2 is 1.86 bits per heavy atom. The molecule has 8 heteroatoms. The third kappa shape index (κ3) is 2.30. The van der Waals surface area contributed by atoms with E-state index in [1.54, 1.807) is 12.1 Å². The fraction of sp³-hybridized carbons (Fsp3) is 0.143. The molecule has 2 aromatic heterocycles. The molecule has 0 fully saturated rings. The van der Waals surface area contributed by atoms with Crippen LogP contribution in [0.3, 0.4) is 0 Å². The number of hydrogen-bond acceptors (Lipinski definition) is 6. The number of nitrogens with zero attached hydrogens (tertiary/aromatic N) is 2. The number of anilines is 1. The van der Waals surface area contributed by atoms with E-state index in [1.165, 1.54) is 10.9 Å². The number of aromatic nitrogens is 2. The molecular weight excluding hydrogens is 322 g/mol. The maximum absolute atomic E-state index is 12.6. The van der Waals surface area contributed by atoms with Gasteiger partial charge in [-0.05, 0) is 19.1 Å². The fourth-order valence-corrected chi connectivity index (χ4v) is 4.32. The van der Waals surface area contributed by atoms with Crippen molar-refractivity contribution in [2.45, 2.75) is 11.1 Å². The van der Waals surface area contributed by atoms with Crippen LogP contribution in [-0.4, -0.2) is 24.2 Å². The summed E-state index contributed by atoms with van der Waals surface area (Å²) in [4.78, 5) is 16.7. The Labute approximate surface area is 130 Å². The molecular formula is C14H13N3O3S2. The van der Waals surface area contributed by atoms with E-state index in [1.807, 2.05) is 19.1 Å². The summed E-state index contributed by atoms with van der Waals surface area (Å²) in [5.41, 5.74) is 7.50. The monoisotopic (exact) mass is 335 g/mol. The SMILES string of the molecule is Cc1ccc(-n2cnc3c(N)c(S(C)(=O)=O)sc3c2=O)cc1. The largest absolute Gasteiger partial charge is 0.395 e. The van der Waals surface area contributed by atoms with E-state index in [-0.39, 0.29) is 25.7 Å². The van der Waals surface area contributed by atoms with E-state index in [0.29, 0.717) is 5.69 Å². The van der Waals surface area contributed by atoms with Crippen molar-refractivity contribution in [3.8, 4) is 5.69 Å². The van der Waals surface area contributed by atoms with Crippen molar-refractivity contribution in [3.63, 3.8) is 0 Å². The van der Waals surface area contributed by atoms with Crippen LogP contribution in [0.25, 0.3) is 15.9 Å².